The molecule has 7 heteroatoms. The first-order valence-corrected chi connectivity index (χ1v) is 8.87. The molecule has 0 saturated carbocycles. The second-order valence-corrected chi connectivity index (χ2v) is 6.13. The van der Waals surface area contributed by atoms with Crippen LogP contribution in [0.4, 0.5) is 0 Å². The lowest BCUT2D eigenvalue weighted by atomic mass is 10.2. The number of methoxy groups -OCH3 is 1. The molecule has 3 N–H and O–H groups in total. The molecule has 1 amide bonds. The van der Waals surface area contributed by atoms with E-state index in [1.165, 1.54) is 0 Å². The Morgan fingerprint density at radius 3 is 2.33 bits per heavy atom. The molecule has 0 aliphatic rings. The van der Waals surface area contributed by atoms with Gasteiger partial charge in [-0.05, 0) is 60.4 Å². The Bertz CT molecular complexity index is 688. The molecule has 2 aromatic rings. The van der Waals surface area contributed by atoms with Crippen molar-refractivity contribution in [3.8, 4) is 5.75 Å². The number of hydrazine groups is 1. The summed E-state index contributed by atoms with van der Waals surface area (Å²) in [6.45, 7) is 0.550. The van der Waals surface area contributed by atoms with Gasteiger partial charge in [0.05, 0.1) is 7.11 Å². The highest BCUT2D eigenvalue weighted by Gasteiger charge is 2.05. The van der Waals surface area contributed by atoms with Gasteiger partial charge in [-0.15, -0.1) is 11.8 Å². The van der Waals surface area contributed by atoms with Gasteiger partial charge in [-0.2, -0.15) is 0 Å². The monoisotopic (exact) mass is 361 g/mol. The van der Waals surface area contributed by atoms with Crippen LogP contribution in [0.1, 0.15) is 15.9 Å². The Morgan fingerprint density at radius 1 is 1.08 bits per heavy atom. The third-order valence-electron chi connectivity index (χ3n) is 3.25. The molecule has 0 spiro atoms. The van der Waals surface area contributed by atoms with Crippen LogP contribution in [0.3, 0.4) is 0 Å². The van der Waals surface area contributed by atoms with E-state index in [1.807, 2.05) is 42.7 Å². The van der Waals surface area contributed by atoms with Crippen molar-refractivity contribution >= 4 is 35.0 Å². The largest absolute Gasteiger partial charge is 0.497 e. The number of hydrogen-bond donors (Lipinski definition) is 3. The van der Waals surface area contributed by atoms with Crippen molar-refractivity contribution in [1.29, 1.82) is 0 Å². The molecule has 0 unspecified atom stereocenters. The van der Waals surface area contributed by atoms with E-state index in [-0.39, 0.29) is 5.91 Å². The second-order valence-electron chi connectivity index (χ2n) is 4.84. The third-order valence-corrected chi connectivity index (χ3v) is 4.24. The topological polar surface area (TPSA) is 62.4 Å². The minimum atomic E-state index is -0.240. The number of amides is 1. The van der Waals surface area contributed by atoms with Crippen molar-refractivity contribution < 1.29 is 9.53 Å². The zero-order valence-corrected chi connectivity index (χ0v) is 15.1. The molecule has 0 heterocycles. The van der Waals surface area contributed by atoms with E-state index in [4.69, 9.17) is 17.0 Å². The van der Waals surface area contributed by atoms with Crippen LogP contribution in [0.5, 0.6) is 5.75 Å². The predicted octanol–water partition coefficient (Wildman–Crippen LogP) is 2.73. The fourth-order valence-electron chi connectivity index (χ4n) is 1.90. The fourth-order valence-corrected chi connectivity index (χ4v) is 2.43. The standard InChI is InChI=1S/C17H19N3O2S2/c1-22-14-7-3-12(4-8-14)11-18-17(23)20-19-16(21)13-5-9-15(24-2)10-6-13/h3-10H,11H2,1-2H3,(H,19,21)(H2,18,20,23). The average molecular weight is 361 g/mol. The first-order valence-electron chi connectivity index (χ1n) is 7.23. The van der Waals surface area contributed by atoms with Crippen LogP contribution in [0, 0.1) is 0 Å². The van der Waals surface area contributed by atoms with Crippen LogP contribution in [0.2, 0.25) is 0 Å². The molecule has 0 aliphatic carbocycles. The molecule has 2 rings (SSSR count). The van der Waals surface area contributed by atoms with E-state index in [9.17, 15) is 4.79 Å². The first kappa shape index (κ1) is 18.1. The number of thioether (sulfide) groups is 1. The molecule has 0 saturated heterocycles. The number of benzene rings is 2. The van der Waals surface area contributed by atoms with Crippen molar-refractivity contribution in [2.24, 2.45) is 0 Å². The number of carbonyl (C=O) groups excluding carboxylic acids is 1. The van der Waals surface area contributed by atoms with Gasteiger partial charge < -0.3 is 10.1 Å². The summed E-state index contributed by atoms with van der Waals surface area (Å²) in [7, 11) is 1.63. The highest BCUT2D eigenvalue weighted by molar-refractivity contribution is 7.98. The van der Waals surface area contributed by atoms with Crippen molar-refractivity contribution in [1.82, 2.24) is 16.2 Å². The molecule has 0 aliphatic heterocycles. The SMILES string of the molecule is COc1ccc(CNC(=S)NNC(=O)c2ccc(SC)cc2)cc1. The molecule has 0 atom stereocenters. The average Bonchev–Trinajstić information content (AvgIpc) is 2.64. The Kier molecular flexibility index (Phi) is 6.89. The van der Waals surface area contributed by atoms with Crippen molar-refractivity contribution in [2.45, 2.75) is 11.4 Å². The van der Waals surface area contributed by atoms with Crippen LogP contribution < -0.4 is 20.9 Å². The molecule has 0 aromatic heterocycles. The van der Waals surface area contributed by atoms with Crippen LogP contribution in [-0.4, -0.2) is 24.4 Å². The van der Waals surface area contributed by atoms with Crippen LogP contribution in [-0.2, 0) is 6.54 Å². The number of thiocarbonyl (C=S) groups is 1. The Balaban J connectivity index is 1.76. The molecule has 0 fully saturated rings. The Hall–Kier alpha value is -2.25. The molecule has 5 nitrogen and oxygen atoms in total. The van der Waals surface area contributed by atoms with Crippen LogP contribution >= 0.6 is 24.0 Å². The molecule has 126 valence electrons. The maximum atomic E-state index is 12.0. The summed E-state index contributed by atoms with van der Waals surface area (Å²) >= 11 is 6.77. The maximum absolute atomic E-state index is 12.0. The van der Waals surface area contributed by atoms with Gasteiger partial charge in [0.2, 0.25) is 0 Å². The predicted molar refractivity (Wildman–Crippen MR) is 101 cm³/mol. The molecule has 2 aromatic carbocycles. The van der Waals surface area contributed by atoms with E-state index in [1.54, 1.807) is 31.0 Å². The number of ether oxygens (including phenoxy) is 1. The molecule has 0 bridgehead atoms. The highest BCUT2D eigenvalue weighted by atomic mass is 32.2. The van der Waals surface area contributed by atoms with Crippen molar-refractivity contribution in [3.63, 3.8) is 0 Å². The lowest BCUT2D eigenvalue weighted by molar-refractivity contribution is 0.0943. The zero-order chi connectivity index (χ0) is 17.4. The van der Waals surface area contributed by atoms with E-state index in [2.05, 4.69) is 16.2 Å². The number of hydrogen-bond acceptors (Lipinski definition) is 4. The van der Waals surface area contributed by atoms with E-state index < -0.39 is 0 Å². The van der Waals surface area contributed by atoms with Gasteiger partial charge in [-0.3, -0.25) is 15.6 Å². The van der Waals surface area contributed by atoms with Gasteiger partial charge in [0.1, 0.15) is 5.75 Å². The number of rotatable bonds is 5. The third kappa shape index (κ3) is 5.43. The van der Waals surface area contributed by atoms with Crippen LogP contribution in [0.15, 0.2) is 53.4 Å². The van der Waals surface area contributed by atoms with Gasteiger partial charge in [-0.25, -0.2) is 0 Å². The number of nitrogens with one attached hydrogen (secondary N) is 3. The summed E-state index contributed by atoms with van der Waals surface area (Å²) in [4.78, 5) is 13.1. The molecule has 0 radical (unpaired) electrons. The van der Waals surface area contributed by atoms with Crippen molar-refractivity contribution in [3.05, 3.63) is 59.7 Å². The van der Waals surface area contributed by atoms with Gasteiger partial charge in [0.25, 0.3) is 5.91 Å². The molecular formula is C17H19N3O2S2. The summed E-state index contributed by atoms with van der Waals surface area (Å²) in [6.07, 6.45) is 1.99. The first-order chi connectivity index (χ1) is 11.6. The van der Waals surface area contributed by atoms with Crippen molar-refractivity contribution in [2.75, 3.05) is 13.4 Å². The fraction of sp³-hybridized carbons (Fsp3) is 0.176. The lowest BCUT2D eigenvalue weighted by Crippen LogP contribution is -2.46. The Labute approximate surface area is 151 Å². The lowest BCUT2D eigenvalue weighted by Gasteiger charge is -2.12. The van der Waals surface area contributed by atoms with Gasteiger partial charge in [0, 0.05) is 17.0 Å². The minimum absolute atomic E-state index is 0.240. The van der Waals surface area contributed by atoms with E-state index in [0.717, 1.165) is 16.2 Å². The van der Waals surface area contributed by atoms with E-state index >= 15 is 0 Å². The highest BCUT2D eigenvalue weighted by Crippen LogP contribution is 2.14. The quantitative estimate of drug-likeness (QED) is 0.432. The van der Waals surface area contributed by atoms with Crippen LogP contribution in [0.25, 0.3) is 0 Å². The smallest absolute Gasteiger partial charge is 0.269 e. The van der Waals surface area contributed by atoms with E-state index in [0.29, 0.717) is 17.2 Å². The minimum Gasteiger partial charge on any atom is -0.497 e. The summed E-state index contributed by atoms with van der Waals surface area (Å²) < 4.78 is 5.11. The summed E-state index contributed by atoms with van der Waals surface area (Å²) in [5.74, 6) is 0.565. The molecular weight excluding hydrogens is 342 g/mol. The zero-order valence-electron chi connectivity index (χ0n) is 13.5. The maximum Gasteiger partial charge on any atom is 0.269 e. The normalized spacial score (nSPS) is 9.92. The summed E-state index contributed by atoms with van der Waals surface area (Å²) in [6, 6.07) is 15.0. The van der Waals surface area contributed by atoms with Gasteiger partial charge in [-0.1, -0.05) is 12.1 Å². The summed E-state index contributed by atoms with van der Waals surface area (Å²) in [5, 5.41) is 3.37. The Morgan fingerprint density at radius 2 is 1.75 bits per heavy atom. The van der Waals surface area contributed by atoms with Gasteiger partial charge >= 0.3 is 0 Å². The van der Waals surface area contributed by atoms with Gasteiger partial charge in [0.15, 0.2) is 5.11 Å². The number of carbonyl (C=O) groups is 1. The second kappa shape index (κ2) is 9.14. The summed E-state index contributed by atoms with van der Waals surface area (Å²) in [5.41, 5.74) is 6.89. The molecule has 24 heavy (non-hydrogen) atoms.